The van der Waals surface area contributed by atoms with Crippen LogP contribution in [0.15, 0.2) is 23.1 Å². The lowest BCUT2D eigenvalue weighted by Gasteiger charge is -2.22. The Balaban J connectivity index is 1.96. The van der Waals surface area contributed by atoms with E-state index in [2.05, 4.69) is 0 Å². The first-order chi connectivity index (χ1) is 10.5. The zero-order valence-electron chi connectivity index (χ0n) is 12.1. The van der Waals surface area contributed by atoms with Gasteiger partial charge in [-0.05, 0) is 18.6 Å². The largest absolute Gasteiger partial charge is 0.457 e. The number of cyclic esters (lactones) is 1. The van der Waals surface area contributed by atoms with E-state index in [1.54, 1.807) is 6.07 Å². The molecule has 1 saturated heterocycles. The minimum absolute atomic E-state index is 0.0281. The molecule has 1 aromatic carbocycles. The van der Waals surface area contributed by atoms with Crippen LogP contribution < -0.4 is 0 Å². The van der Waals surface area contributed by atoms with Gasteiger partial charge in [-0.25, -0.2) is 13.2 Å². The highest BCUT2D eigenvalue weighted by Crippen LogP contribution is 2.30. The third kappa shape index (κ3) is 2.41. The fraction of sp³-hybridized carbons (Fsp3) is 0.500. The van der Waals surface area contributed by atoms with E-state index in [4.69, 9.17) is 9.47 Å². The number of rotatable bonds is 4. The summed E-state index contributed by atoms with van der Waals surface area (Å²) in [5.74, 6) is -0.512. The van der Waals surface area contributed by atoms with E-state index < -0.39 is 22.0 Å². The van der Waals surface area contributed by atoms with E-state index in [9.17, 15) is 18.3 Å². The van der Waals surface area contributed by atoms with Gasteiger partial charge >= 0.3 is 5.97 Å². The van der Waals surface area contributed by atoms with Crippen LogP contribution in [0.1, 0.15) is 22.3 Å². The van der Waals surface area contributed by atoms with Gasteiger partial charge in [-0.1, -0.05) is 6.07 Å². The summed E-state index contributed by atoms with van der Waals surface area (Å²) >= 11 is 0. The maximum atomic E-state index is 12.8. The molecule has 0 amide bonds. The lowest BCUT2D eigenvalue weighted by Crippen LogP contribution is -2.38. The Morgan fingerprint density at radius 3 is 2.91 bits per heavy atom. The summed E-state index contributed by atoms with van der Waals surface area (Å²) in [5.41, 5.74) is 0.961. The summed E-state index contributed by atoms with van der Waals surface area (Å²) in [7, 11) is -2.29. The van der Waals surface area contributed by atoms with Crippen LogP contribution in [0.5, 0.6) is 0 Å². The average Bonchev–Trinajstić information content (AvgIpc) is 3.11. The number of carbonyl (C=O) groups excluding carboxylic acids is 1. The van der Waals surface area contributed by atoms with Gasteiger partial charge in [-0.15, -0.1) is 0 Å². The number of fused-ring (bicyclic) bond motifs is 1. The molecule has 2 atom stereocenters. The van der Waals surface area contributed by atoms with Crippen molar-refractivity contribution in [3.63, 3.8) is 0 Å². The molecule has 120 valence electrons. The number of sulfonamides is 1. The molecule has 1 N–H and O–H groups in total. The Kier molecular flexibility index (Phi) is 3.94. The molecule has 2 aliphatic rings. The molecule has 0 radical (unpaired) electrons. The van der Waals surface area contributed by atoms with Crippen molar-refractivity contribution in [2.75, 3.05) is 20.3 Å². The number of nitrogens with zero attached hydrogens (tertiary/aromatic N) is 1. The summed E-state index contributed by atoms with van der Waals surface area (Å²) in [6, 6.07) is 3.87. The Morgan fingerprint density at radius 1 is 1.45 bits per heavy atom. The second-order valence-corrected chi connectivity index (χ2v) is 7.29. The highest BCUT2D eigenvalue weighted by atomic mass is 32.2. The van der Waals surface area contributed by atoms with Crippen LogP contribution in [0.3, 0.4) is 0 Å². The van der Waals surface area contributed by atoms with Gasteiger partial charge in [0.05, 0.1) is 29.2 Å². The first kappa shape index (κ1) is 15.4. The molecule has 22 heavy (non-hydrogen) atoms. The van der Waals surface area contributed by atoms with Crippen LogP contribution in [0.25, 0.3) is 0 Å². The summed E-state index contributed by atoms with van der Waals surface area (Å²) in [5, 5.41) is 9.42. The van der Waals surface area contributed by atoms with E-state index in [1.165, 1.54) is 23.5 Å². The number of benzene rings is 1. The highest BCUT2D eigenvalue weighted by molar-refractivity contribution is 7.89. The smallest absolute Gasteiger partial charge is 0.338 e. The molecule has 2 aliphatic heterocycles. The molecule has 0 bridgehead atoms. The van der Waals surface area contributed by atoms with Crippen LogP contribution >= 0.6 is 0 Å². The van der Waals surface area contributed by atoms with Gasteiger partial charge in [-0.3, -0.25) is 0 Å². The van der Waals surface area contributed by atoms with Crippen molar-refractivity contribution in [2.24, 2.45) is 0 Å². The standard InChI is InChI=1S/C14H17NO6S/c1-20-11-4-10(7-16)15(6-11)22(18,19)12-3-2-9-8-21-14(17)13(9)5-12/h2-3,5,10-11,16H,4,6-8H2,1H3/t10-,11+/m0/s1. The average molecular weight is 327 g/mol. The van der Waals surface area contributed by atoms with Gasteiger partial charge in [0.15, 0.2) is 0 Å². The third-order valence-corrected chi connectivity index (χ3v) is 6.05. The fourth-order valence-electron chi connectivity index (χ4n) is 2.86. The molecule has 0 aromatic heterocycles. The molecule has 0 unspecified atom stereocenters. The van der Waals surface area contributed by atoms with Crippen molar-refractivity contribution in [3.8, 4) is 0 Å². The Morgan fingerprint density at radius 2 is 2.23 bits per heavy atom. The Bertz CT molecular complexity index is 701. The van der Waals surface area contributed by atoms with Gasteiger partial charge in [-0.2, -0.15) is 4.31 Å². The summed E-state index contributed by atoms with van der Waals surface area (Å²) in [4.78, 5) is 11.6. The molecule has 0 saturated carbocycles. The van der Waals surface area contributed by atoms with Crippen molar-refractivity contribution in [3.05, 3.63) is 29.3 Å². The van der Waals surface area contributed by atoms with Crippen LogP contribution in [0, 0.1) is 0 Å². The van der Waals surface area contributed by atoms with Crippen molar-refractivity contribution >= 4 is 16.0 Å². The number of ether oxygens (including phenoxy) is 2. The SMILES string of the molecule is CO[C@@H]1C[C@@H](CO)N(S(=O)(=O)c2ccc3c(c2)C(=O)OC3)C1. The first-order valence-electron chi connectivity index (χ1n) is 6.93. The lowest BCUT2D eigenvalue weighted by molar-refractivity contribution is 0.0535. The number of aliphatic hydroxyl groups is 1. The fourth-order valence-corrected chi connectivity index (χ4v) is 4.55. The molecule has 7 nitrogen and oxygen atoms in total. The predicted octanol–water partition coefficient (Wildman–Crippen LogP) is 0.127. The minimum atomic E-state index is -3.80. The van der Waals surface area contributed by atoms with Crippen molar-refractivity contribution in [1.29, 1.82) is 0 Å². The maximum absolute atomic E-state index is 12.8. The van der Waals surface area contributed by atoms with Crippen LogP contribution in [-0.2, 0) is 26.1 Å². The van der Waals surface area contributed by atoms with Gasteiger partial charge in [0.1, 0.15) is 6.61 Å². The molecule has 2 heterocycles. The van der Waals surface area contributed by atoms with Gasteiger partial charge < -0.3 is 14.6 Å². The molecule has 0 spiro atoms. The molecular formula is C14H17NO6S. The zero-order valence-corrected chi connectivity index (χ0v) is 12.9. The lowest BCUT2D eigenvalue weighted by atomic mass is 10.1. The van der Waals surface area contributed by atoms with Crippen molar-refractivity contribution in [2.45, 2.75) is 30.1 Å². The Labute approximate surface area is 128 Å². The minimum Gasteiger partial charge on any atom is -0.457 e. The zero-order chi connectivity index (χ0) is 15.9. The van der Waals surface area contributed by atoms with E-state index >= 15 is 0 Å². The second kappa shape index (κ2) is 5.62. The van der Waals surface area contributed by atoms with Crippen molar-refractivity contribution in [1.82, 2.24) is 4.31 Å². The second-order valence-electron chi connectivity index (χ2n) is 5.40. The maximum Gasteiger partial charge on any atom is 0.338 e. The van der Waals surface area contributed by atoms with Crippen LogP contribution in [0.4, 0.5) is 0 Å². The third-order valence-electron chi connectivity index (χ3n) is 4.14. The number of hydrogen-bond donors (Lipinski definition) is 1. The molecule has 0 aliphatic carbocycles. The predicted molar refractivity (Wildman–Crippen MR) is 75.7 cm³/mol. The van der Waals surface area contributed by atoms with Gasteiger partial charge in [0, 0.05) is 19.2 Å². The number of aliphatic hydroxyl groups excluding tert-OH is 1. The quantitative estimate of drug-likeness (QED) is 0.790. The van der Waals surface area contributed by atoms with E-state index in [0.29, 0.717) is 12.0 Å². The highest BCUT2D eigenvalue weighted by Gasteiger charge is 2.40. The molecule has 3 rings (SSSR count). The molecular weight excluding hydrogens is 310 g/mol. The van der Waals surface area contributed by atoms with Crippen molar-refractivity contribution < 1.29 is 27.8 Å². The van der Waals surface area contributed by atoms with Gasteiger partial charge in [0.2, 0.25) is 10.0 Å². The molecule has 1 fully saturated rings. The van der Waals surface area contributed by atoms with Gasteiger partial charge in [0.25, 0.3) is 0 Å². The summed E-state index contributed by atoms with van der Waals surface area (Å²) < 4.78 is 36.9. The molecule has 8 heteroatoms. The molecule has 1 aromatic rings. The number of esters is 1. The van der Waals surface area contributed by atoms with E-state index in [-0.39, 0.29) is 36.3 Å². The Hall–Kier alpha value is -1.48. The first-order valence-corrected chi connectivity index (χ1v) is 8.37. The summed E-state index contributed by atoms with van der Waals surface area (Å²) in [6.45, 7) is 0.0842. The topological polar surface area (TPSA) is 93.1 Å². The van der Waals surface area contributed by atoms with E-state index in [0.717, 1.165) is 0 Å². The number of carbonyl (C=O) groups is 1. The normalized spacial score (nSPS) is 25.3. The summed E-state index contributed by atoms with van der Waals surface area (Å²) in [6.07, 6.45) is 0.200. The monoisotopic (exact) mass is 327 g/mol. The van der Waals surface area contributed by atoms with E-state index in [1.807, 2.05) is 0 Å². The van der Waals surface area contributed by atoms with Crippen LogP contribution in [-0.4, -0.2) is 56.2 Å². The number of hydrogen-bond acceptors (Lipinski definition) is 6. The van der Waals surface area contributed by atoms with Crippen LogP contribution in [0.2, 0.25) is 0 Å². The number of methoxy groups -OCH3 is 1.